The van der Waals surface area contributed by atoms with E-state index in [0.29, 0.717) is 24.9 Å². The van der Waals surface area contributed by atoms with Crippen LogP contribution in [0.1, 0.15) is 12.0 Å². The number of benzene rings is 1. The second-order valence-electron chi connectivity index (χ2n) is 4.49. The molecule has 2 rings (SSSR count). The fraction of sp³-hybridized carbons (Fsp3) is 0.417. The molecule has 96 valence electrons. The van der Waals surface area contributed by atoms with Crippen molar-refractivity contribution in [2.75, 3.05) is 6.54 Å². The number of rotatable bonds is 4. The van der Waals surface area contributed by atoms with Crippen molar-refractivity contribution < 1.29 is 14.8 Å². The number of nitrogens with one attached hydrogen (secondary N) is 1. The lowest BCUT2D eigenvalue weighted by Gasteiger charge is -2.08. The summed E-state index contributed by atoms with van der Waals surface area (Å²) in [5.41, 5.74) is 0.775. The van der Waals surface area contributed by atoms with Gasteiger partial charge in [0.2, 0.25) is 0 Å². The number of aliphatic carboxylic acids is 1. The Kier molecular flexibility index (Phi) is 3.57. The molecule has 0 aliphatic carbocycles. The quantitative estimate of drug-likeness (QED) is 0.618. The van der Waals surface area contributed by atoms with Crippen LogP contribution in [0.4, 0.5) is 5.69 Å². The number of carboxylic acid groups (broad SMARTS) is 1. The third kappa shape index (κ3) is 2.65. The van der Waals surface area contributed by atoms with Gasteiger partial charge in [-0.05, 0) is 25.3 Å². The molecule has 2 N–H and O–H groups in total. The zero-order valence-electron chi connectivity index (χ0n) is 9.70. The lowest BCUT2D eigenvalue weighted by molar-refractivity contribution is -0.385. The Labute approximate surface area is 104 Å². The van der Waals surface area contributed by atoms with Gasteiger partial charge < -0.3 is 10.4 Å². The lowest BCUT2D eigenvalue weighted by atomic mass is 9.96. The summed E-state index contributed by atoms with van der Waals surface area (Å²) in [6.45, 7) is 0.586. The van der Waals surface area contributed by atoms with Crippen LogP contribution >= 0.6 is 0 Å². The molecule has 18 heavy (non-hydrogen) atoms. The summed E-state index contributed by atoms with van der Waals surface area (Å²) in [7, 11) is 0. The zero-order chi connectivity index (χ0) is 13.1. The molecule has 6 nitrogen and oxygen atoms in total. The van der Waals surface area contributed by atoms with Gasteiger partial charge in [0.1, 0.15) is 6.04 Å². The molecule has 1 heterocycles. The SMILES string of the molecule is O=C(O)[C@H]1C[C@H](Cc2ccccc2[N+](=O)[O-])CN1. The van der Waals surface area contributed by atoms with Crippen LogP contribution in [-0.2, 0) is 11.2 Å². The first kappa shape index (κ1) is 12.5. The van der Waals surface area contributed by atoms with Gasteiger partial charge in [-0.25, -0.2) is 0 Å². The van der Waals surface area contributed by atoms with E-state index in [1.807, 2.05) is 0 Å². The van der Waals surface area contributed by atoms with Crippen molar-refractivity contribution in [3.05, 3.63) is 39.9 Å². The molecule has 0 amide bonds. The smallest absolute Gasteiger partial charge is 0.320 e. The highest BCUT2D eigenvalue weighted by Gasteiger charge is 2.30. The van der Waals surface area contributed by atoms with E-state index in [0.717, 1.165) is 0 Å². The van der Waals surface area contributed by atoms with Crippen LogP contribution in [0.3, 0.4) is 0 Å². The average Bonchev–Trinajstić information content (AvgIpc) is 2.78. The van der Waals surface area contributed by atoms with Gasteiger partial charge in [-0.15, -0.1) is 0 Å². The van der Waals surface area contributed by atoms with Crippen molar-refractivity contribution in [1.29, 1.82) is 0 Å². The van der Waals surface area contributed by atoms with E-state index >= 15 is 0 Å². The topological polar surface area (TPSA) is 92.5 Å². The number of carboxylic acids is 1. The molecule has 1 aliphatic rings. The first-order chi connectivity index (χ1) is 8.58. The van der Waals surface area contributed by atoms with Gasteiger partial charge in [-0.1, -0.05) is 18.2 Å². The van der Waals surface area contributed by atoms with E-state index in [1.54, 1.807) is 18.2 Å². The Morgan fingerprint density at radius 1 is 1.50 bits per heavy atom. The predicted molar refractivity (Wildman–Crippen MR) is 64.3 cm³/mol. The third-order valence-electron chi connectivity index (χ3n) is 3.22. The number of nitrogens with zero attached hydrogens (tertiary/aromatic N) is 1. The van der Waals surface area contributed by atoms with Crippen molar-refractivity contribution in [1.82, 2.24) is 5.32 Å². The monoisotopic (exact) mass is 250 g/mol. The van der Waals surface area contributed by atoms with Crippen LogP contribution in [0, 0.1) is 16.0 Å². The van der Waals surface area contributed by atoms with Crippen molar-refractivity contribution in [2.24, 2.45) is 5.92 Å². The molecular formula is C12H14N2O4. The van der Waals surface area contributed by atoms with Crippen molar-refractivity contribution in [3.63, 3.8) is 0 Å². The van der Waals surface area contributed by atoms with Gasteiger partial charge in [-0.2, -0.15) is 0 Å². The Balaban J connectivity index is 2.07. The summed E-state index contributed by atoms with van der Waals surface area (Å²) in [6, 6.07) is 6.07. The van der Waals surface area contributed by atoms with Crippen molar-refractivity contribution >= 4 is 11.7 Å². The number of para-hydroxylation sites is 1. The average molecular weight is 250 g/mol. The summed E-state index contributed by atoms with van der Waals surface area (Å²) in [5, 5.41) is 22.6. The van der Waals surface area contributed by atoms with Gasteiger partial charge in [0.25, 0.3) is 5.69 Å². The Morgan fingerprint density at radius 3 is 2.83 bits per heavy atom. The molecule has 1 fully saturated rings. The predicted octanol–water partition coefficient (Wildman–Crippen LogP) is 1.20. The minimum atomic E-state index is -0.861. The normalized spacial score (nSPS) is 22.9. The number of hydrogen-bond donors (Lipinski definition) is 2. The second kappa shape index (κ2) is 5.14. The van der Waals surface area contributed by atoms with Crippen LogP contribution in [0.2, 0.25) is 0 Å². The van der Waals surface area contributed by atoms with Gasteiger partial charge in [0.05, 0.1) is 4.92 Å². The maximum Gasteiger partial charge on any atom is 0.320 e. The molecule has 6 heteroatoms. The van der Waals surface area contributed by atoms with Crippen molar-refractivity contribution in [2.45, 2.75) is 18.9 Å². The molecule has 0 spiro atoms. The Hall–Kier alpha value is -1.95. The Bertz CT molecular complexity index is 475. The molecule has 0 radical (unpaired) electrons. The fourth-order valence-electron chi connectivity index (χ4n) is 2.33. The van der Waals surface area contributed by atoms with Crippen LogP contribution in [0.15, 0.2) is 24.3 Å². The van der Waals surface area contributed by atoms with E-state index in [-0.39, 0.29) is 11.6 Å². The Morgan fingerprint density at radius 2 is 2.22 bits per heavy atom. The van der Waals surface area contributed by atoms with E-state index in [2.05, 4.69) is 5.32 Å². The summed E-state index contributed by atoms with van der Waals surface area (Å²) in [5.74, 6) is -0.729. The largest absolute Gasteiger partial charge is 0.480 e. The minimum Gasteiger partial charge on any atom is -0.480 e. The van der Waals surface area contributed by atoms with Gasteiger partial charge in [0, 0.05) is 11.6 Å². The van der Waals surface area contributed by atoms with Crippen LogP contribution in [0.5, 0.6) is 0 Å². The first-order valence-corrected chi connectivity index (χ1v) is 5.76. The molecule has 1 aliphatic heterocycles. The van der Waals surface area contributed by atoms with Gasteiger partial charge in [0.15, 0.2) is 0 Å². The first-order valence-electron chi connectivity index (χ1n) is 5.76. The molecular weight excluding hydrogens is 236 g/mol. The van der Waals surface area contributed by atoms with Crippen LogP contribution in [-0.4, -0.2) is 28.6 Å². The van der Waals surface area contributed by atoms with Crippen LogP contribution < -0.4 is 5.32 Å². The molecule has 0 saturated carbocycles. The van der Waals surface area contributed by atoms with Crippen LogP contribution in [0.25, 0.3) is 0 Å². The molecule has 0 unspecified atom stereocenters. The number of nitro benzene ring substituents is 1. The maximum atomic E-state index is 10.9. The summed E-state index contributed by atoms with van der Waals surface area (Å²) < 4.78 is 0. The van der Waals surface area contributed by atoms with Gasteiger partial charge in [-0.3, -0.25) is 14.9 Å². The molecule has 0 bridgehead atoms. The minimum absolute atomic E-state index is 0.108. The van der Waals surface area contributed by atoms with Gasteiger partial charge >= 0.3 is 5.97 Å². The van der Waals surface area contributed by atoms with E-state index in [9.17, 15) is 14.9 Å². The number of hydrogen-bond acceptors (Lipinski definition) is 4. The second-order valence-corrected chi connectivity index (χ2v) is 4.49. The maximum absolute atomic E-state index is 10.9. The molecule has 1 saturated heterocycles. The standard InChI is InChI=1S/C12H14N2O4/c15-12(16)10-6-8(7-13-10)5-9-3-1-2-4-11(9)14(17)18/h1-4,8,10,13H,5-7H2,(H,15,16)/t8-,10+/m0/s1. The fourth-order valence-corrected chi connectivity index (χ4v) is 2.33. The van der Waals surface area contributed by atoms with E-state index < -0.39 is 16.9 Å². The molecule has 0 aromatic heterocycles. The number of carbonyl (C=O) groups is 1. The lowest BCUT2D eigenvalue weighted by Crippen LogP contribution is -2.29. The molecule has 2 atom stereocenters. The van der Waals surface area contributed by atoms with E-state index in [4.69, 9.17) is 5.11 Å². The van der Waals surface area contributed by atoms with Crippen molar-refractivity contribution in [3.8, 4) is 0 Å². The zero-order valence-corrected chi connectivity index (χ0v) is 9.70. The summed E-state index contributed by atoms with van der Waals surface area (Å²) in [6.07, 6.45) is 1.05. The summed E-state index contributed by atoms with van der Waals surface area (Å²) >= 11 is 0. The number of nitro groups is 1. The highest BCUT2D eigenvalue weighted by molar-refractivity contribution is 5.73. The third-order valence-corrected chi connectivity index (χ3v) is 3.22. The van der Waals surface area contributed by atoms with E-state index in [1.165, 1.54) is 6.07 Å². The highest BCUT2D eigenvalue weighted by Crippen LogP contribution is 2.25. The molecule has 1 aromatic carbocycles. The molecule has 1 aromatic rings. The summed E-state index contributed by atoms with van der Waals surface area (Å²) in [4.78, 5) is 21.3. The highest BCUT2D eigenvalue weighted by atomic mass is 16.6.